The Morgan fingerprint density at radius 3 is 2.44 bits per heavy atom. The maximum Gasteiger partial charge on any atom is 0.319 e. The Morgan fingerprint density at radius 1 is 1.22 bits per heavy atom. The minimum atomic E-state index is -3.69. The number of hydrogen-bond donors (Lipinski definition) is 1. The summed E-state index contributed by atoms with van der Waals surface area (Å²) in [5.74, 6) is -0.528. The van der Waals surface area contributed by atoms with E-state index in [0.717, 1.165) is 19.3 Å². The van der Waals surface area contributed by atoms with E-state index in [2.05, 4.69) is 6.92 Å². The predicted molar refractivity (Wildman–Crippen MR) is 144 cm³/mol. The van der Waals surface area contributed by atoms with Gasteiger partial charge in [0.25, 0.3) is 0 Å². The number of methoxy groups -OCH3 is 1. The van der Waals surface area contributed by atoms with Crippen molar-refractivity contribution in [3.8, 4) is 5.75 Å². The van der Waals surface area contributed by atoms with Crippen molar-refractivity contribution >= 4 is 38.9 Å². The molecule has 0 fully saturated rings. The first-order chi connectivity index (χ1) is 16.9. The van der Waals surface area contributed by atoms with Gasteiger partial charge in [0.2, 0.25) is 0 Å². The van der Waals surface area contributed by atoms with Gasteiger partial charge in [-0.1, -0.05) is 26.7 Å². The third-order valence-electron chi connectivity index (χ3n) is 7.03. The molecule has 1 aliphatic heterocycles. The number of aliphatic carboxylic acids is 1. The summed E-state index contributed by atoms with van der Waals surface area (Å²) in [6, 6.07) is 9.46. The van der Waals surface area contributed by atoms with Gasteiger partial charge in [0.05, 0.1) is 23.4 Å². The summed E-state index contributed by atoms with van der Waals surface area (Å²) < 4.78 is 46.2. The Morgan fingerprint density at radius 2 is 1.89 bits per heavy atom. The van der Waals surface area contributed by atoms with Crippen LogP contribution in [0.15, 0.2) is 41.3 Å². The molecule has 1 N–H and O–H groups in total. The van der Waals surface area contributed by atoms with Crippen molar-refractivity contribution in [1.29, 1.82) is 0 Å². The van der Waals surface area contributed by atoms with Crippen LogP contribution in [-0.4, -0.2) is 43.6 Å². The smallest absolute Gasteiger partial charge is 0.319 e. The maximum atomic E-state index is 13.9. The number of hydrogen-bond acceptors (Lipinski definition) is 6. The van der Waals surface area contributed by atoms with E-state index in [1.165, 1.54) is 31.0 Å². The first-order valence-electron chi connectivity index (χ1n) is 12.2. The van der Waals surface area contributed by atoms with E-state index < -0.39 is 26.0 Å². The molecule has 1 aliphatic rings. The molecule has 0 saturated heterocycles. The molecular formula is C27H36FNO5S2. The zero-order valence-electron chi connectivity index (χ0n) is 21.6. The van der Waals surface area contributed by atoms with E-state index in [1.807, 2.05) is 11.8 Å². The number of carbonyl (C=O) groups is 1. The lowest BCUT2D eigenvalue weighted by Gasteiger charge is -2.36. The number of nitrogens with zero attached hydrogens (tertiary/aromatic N) is 1. The number of ether oxygens (including phenoxy) is 1. The van der Waals surface area contributed by atoms with Crippen LogP contribution in [0.3, 0.4) is 0 Å². The highest BCUT2D eigenvalue weighted by atomic mass is 32.2. The molecule has 1 heterocycles. The highest BCUT2D eigenvalue weighted by molar-refractivity contribution is 8.00. The fraction of sp³-hybridized carbons (Fsp3) is 0.519. The number of carboxylic acids is 1. The zero-order valence-corrected chi connectivity index (χ0v) is 23.3. The summed E-state index contributed by atoms with van der Waals surface area (Å²) in [6.45, 7) is 7.83. The van der Waals surface area contributed by atoms with Crippen LogP contribution in [-0.2, 0) is 20.4 Å². The lowest BCUT2D eigenvalue weighted by molar-refractivity contribution is -0.138. The molecule has 0 aromatic heterocycles. The molecule has 2 aromatic carbocycles. The molecule has 1 unspecified atom stereocenters. The highest BCUT2D eigenvalue weighted by Crippen LogP contribution is 2.46. The van der Waals surface area contributed by atoms with Gasteiger partial charge >= 0.3 is 5.97 Å². The van der Waals surface area contributed by atoms with E-state index in [9.17, 15) is 22.7 Å². The average Bonchev–Trinajstić information content (AvgIpc) is 2.93. The van der Waals surface area contributed by atoms with Crippen LogP contribution < -0.4 is 9.64 Å². The van der Waals surface area contributed by atoms with Gasteiger partial charge in [-0.3, -0.25) is 4.79 Å². The number of sulfone groups is 1. The number of unbranched alkanes of at least 4 members (excludes halogenated alkanes) is 1. The van der Waals surface area contributed by atoms with Gasteiger partial charge in [0.15, 0.2) is 9.84 Å². The summed E-state index contributed by atoms with van der Waals surface area (Å²) in [4.78, 5) is 13.8. The number of benzene rings is 2. The number of thioether (sulfide) groups is 1. The number of rotatable bonds is 10. The zero-order chi connectivity index (χ0) is 26.7. The molecular weight excluding hydrogens is 501 g/mol. The number of carboxylic acid groups (broad SMARTS) is 1. The van der Waals surface area contributed by atoms with Crippen LogP contribution in [0.1, 0.15) is 58.9 Å². The lowest BCUT2D eigenvalue weighted by atomic mass is 9.81. The van der Waals surface area contributed by atoms with Crippen LogP contribution in [0.25, 0.3) is 0 Å². The van der Waals surface area contributed by atoms with Gasteiger partial charge in [0, 0.05) is 35.0 Å². The normalized spacial score (nSPS) is 19.4. The average molecular weight is 538 g/mol. The quantitative estimate of drug-likeness (QED) is 0.373. The summed E-state index contributed by atoms with van der Waals surface area (Å²) in [6.07, 6.45) is 3.31. The van der Waals surface area contributed by atoms with E-state index in [-0.39, 0.29) is 22.2 Å². The van der Waals surface area contributed by atoms with E-state index >= 15 is 0 Å². The Hall–Kier alpha value is -2.26. The van der Waals surface area contributed by atoms with Crippen LogP contribution in [0.2, 0.25) is 0 Å². The largest absolute Gasteiger partial charge is 0.496 e. The van der Waals surface area contributed by atoms with Gasteiger partial charge in [-0.25, -0.2) is 12.8 Å². The SMILES string of the molecule is CCCCC1(CC)CN(c2ccc(F)cc2)c2cc(OC)c(CSC(C)(C)C(=O)O)cc2S(=O)(=O)C1. The first-order valence-corrected chi connectivity index (χ1v) is 14.9. The Bertz CT molecular complexity index is 1200. The van der Waals surface area contributed by atoms with Gasteiger partial charge in [-0.15, -0.1) is 11.8 Å². The van der Waals surface area contributed by atoms with Crippen molar-refractivity contribution in [3.05, 3.63) is 47.8 Å². The third-order valence-corrected chi connectivity index (χ3v) is 10.4. The fourth-order valence-corrected chi connectivity index (χ4v) is 7.64. The van der Waals surface area contributed by atoms with Gasteiger partial charge in [-0.05, 0) is 57.0 Å². The van der Waals surface area contributed by atoms with E-state index in [0.29, 0.717) is 35.7 Å². The standard InChI is InChI=1S/C27H36FNO5S2/c1-6-8-13-27(7-2)17-29(21-11-9-20(28)10-12-21)22-15-23(34-5)19(14-24(22)36(32,33)18-27)16-35-26(3,4)25(30)31/h9-12,14-15H,6-8,13,16-18H2,1-5H3,(H,30,31). The summed E-state index contributed by atoms with van der Waals surface area (Å²) in [5.41, 5.74) is 1.35. The van der Waals surface area contributed by atoms with Gasteiger partial charge in [0.1, 0.15) is 16.3 Å². The van der Waals surface area contributed by atoms with Crippen LogP contribution >= 0.6 is 11.8 Å². The number of halogens is 1. The summed E-state index contributed by atoms with van der Waals surface area (Å²) >= 11 is 1.21. The Balaban J connectivity index is 2.21. The molecule has 0 radical (unpaired) electrons. The maximum absolute atomic E-state index is 13.9. The molecule has 0 saturated carbocycles. The highest BCUT2D eigenvalue weighted by Gasteiger charge is 2.42. The van der Waals surface area contributed by atoms with Crippen molar-refractivity contribution in [1.82, 2.24) is 0 Å². The molecule has 9 heteroatoms. The second-order valence-electron chi connectivity index (χ2n) is 10.0. The van der Waals surface area contributed by atoms with Gasteiger partial charge < -0.3 is 14.7 Å². The second-order valence-corrected chi connectivity index (χ2v) is 13.6. The molecule has 0 aliphatic carbocycles. The van der Waals surface area contributed by atoms with E-state index in [4.69, 9.17) is 4.74 Å². The van der Waals surface area contributed by atoms with Crippen molar-refractivity contribution < 1.29 is 27.4 Å². The molecule has 1 atom stereocenters. The van der Waals surface area contributed by atoms with Crippen LogP contribution in [0.4, 0.5) is 15.8 Å². The molecule has 36 heavy (non-hydrogen) atoms. The van der Waals surface area contributed by atoms with Crippen molar-refractivity contribution in [2.45, 2.75) is 68.8 Å². The van der Waals surface area contributed by atoms with E-state index in [1.54, 1.807) is 38.1 Å². The lowest BCUT2D eigenvalue weighted by Crippen LogP contribution is -2.37. The van der Waals surface area contributed by atoms with Crippen LogP contribution in [0, 0.1) is 11.2 Å². The molecule has 0 amide bonds. The monoisotopic (exact) mass is 537 g/mol. The van der Waals surface area contributed by atoms with Crippen molar-refractivity contribution in [2.24, 2.45) is 5.41 Å². The molecule has 2 aromatic rings. The van der Waals surface area contributed by atoms with Crippen molar-refractivity contribution in [2.75, 3.05) is 24.3 Å². The number of fused-ring (bicyclic) bond motifs is 1. The van der Waals surface area contributed by atoms with Crippen LogP contribution in [0.5, 0.6) is 5.75 Å². The van der Waals surface area contributed by atoms with Crippen molar-refractivity contribution in [3.63, 3.8) is 0 Å². The molecule has 6 nitrogen and oxygen atoms in total. The predicted octanol–water partition coefficient (Wildman–Crippen LogP) is 6.44. The minimum absolute atomic E-state index is 0.0146. The molecule has 3 rings (SSSR count). The summed E-state index contributed by atoms with van der Waals surface area (Å²) in [7, 11) is -2.18. The first kappa shape index (κ1) is 28.3. The molecule has 0 bridgehead atoms. The second kappa shape index (κ2) is 11.0. The Kier molecular flexibility index (Phi) is 8.66. The van der Waals surface area contributed by atoms with Gasteiger partial charge in [-0.2, -0.15) is 0 Å². The molecule has 198 valence electrons. The minimum Gasteiger partial charge on any atom is -0.496 e. The molecule has 0 spiro atoms. The fourth-order valence-electron chi connectivity index (χ4n) is 4.57. The number of anilines is 2. The topological polar surface area (TPSA) is 83.9 Å². The summed E-state index contributed by atoms with van der Waals surface area (Å²) in [5, 5.41) is 9.51. The Labute approximate surface area is 218 Å². The third kappa shape index (κ3) is 5.99.